The van der Waals surface area contributed by atoms with Gasteiger partial charge in [-0.25, -0.2) is 0 Å². The van der Waals surface area contributed by atoms with Crippen LogP contribution in [0.15, 0.2) is 0 Å². The largest absolute Gasteiger partial charge is 0.480 e. The third-order valence-electron chi connectivity index (χ3n) is 5.21. The first-order valence-electron chi connectivity index (χ1n) is 8.24. The van der Waals surface area contributed by atoms with Crippen molar-refractivity contribution in [2.45, 2.75) is 88.5 Å². The van der Waals surface area contributed by atoms with Crippen molar-refractivity contribution >= 4 is 5.97 Å². The summed E-state index contributed by atoms with van der Waals surface area (Å²) in [4.78, 5) is 11.7. The molecule has 0 aromatic heterocycles. The lowest BCUT2D eigenvalue weighted by atomic mass is 9.88. The smallest absolute Gasteiger partial charge is 0.324 e. The molecule has 2 N–H and O–H groups in total. The Morgan fingerprint density at radius 3 is 2.65 bits per heavy atom. The molecule has 4 atom stereocenters. The molecule has 0 saturated heterocycles. The number of carboxylic acid groups (broad SMARTS) is 1. The van der Waals surface area contributed by atoms with Crippen molar-refractivity contribution in [1.29, 1.82) is 0 Å². The molecular weight excluding hydrogens is 254 g/mol. The number of carboxylic acids is 1. The third kappa shape index (κ3) is 3.17. The number of hydrogen-bond donors (Lipinski definition) is 2. The summed E-state index contributed by atoms with van der Waals surface area (Å²) >= 11 is 0. The number of hydrogen-bond acceptors (Lipinski definition) is 3. The molecule has 3 aliphatic carbocycles. The van der Waals surface area contributed by atoms with Gasteiger partial charge < -0.3 is 9.84 Å². The zero-order valence-corrected chi connectivity index (χ0v) is 12.4. The van der Waals surface area contributed by atoms with Crippen molar-refractivity contribution < 1.29 is 14.6 Å². The molecule has 0 aromatic rings. The van der Waals surface area contributed by atoms with E-state index in [0.29, 0.717) is 25.0 Å². The van der Waals surface area contributed by atoms with Gasteiger partial charge in [-0.2, -0.15) is 0 Å². The highest BCUT2D eigenvalue weighted by molar-refractivity contribution is 5.79. The first-order valence-corrected chi connectivity index (χ1v) is 8.24. The fraction of sp³-hybridized carbons (Fsp3) is 0.938. The second-order valence-electron chi connectivity index (χ2n) is 7.20. The van der Waals surface area contributed by atoms with Gasteiger partial charge in [-0.15, -0.1) is 0 Å². The number of nitrogens with one attached hydrogen (secondary N) is 1. The highest BCUT2D eigenvalue weighted by atomic mass is 16.5. The predicted octanol–water partition coefficient (Wildman–Crippen LogP) is 2.71. The number of carbonyl (C=O) groups is 1. The van der Waals surface area contributed by atoms with Crippen molar-refractivity contribution in [3.63, 3.8) is 0 Å². The Bertz CT molecular complexity index is 369. The highest BCUT2D eigenvalue weighted by Crippen LogP contribution is 2.37. The Labute approximate surface area is 121 Å². The van der Waals surface area contributed by atoms with E-state index in [1.807, 2.05) is 0 Å². The summed E-state index contributed by atoms with van der Waals surface area (Å²) in [5, 5.41) is 13.0. The van der Waals surface area contributed by atoms with Crippen molar-refractivity contribution in [2.75, 3.05) is 0 Å². The lowest BCUT2D eigenvalue weighted by Crippen LogP contribution is -2.51. The predicted molar refractivity (Wildman–Crippen MR) is 76.7 cm³/mol. The molecule has 0 amide bonds. The second kappa shape index (κ2) is 5.64. The highest BCUT2D eigenvalue weighted by Gasteiger charge is 2.48. The van der Waals surface area contributed by atoms with Crippen LogP contribution < -0.4 is 5.32 Å². The maximum absolute atomic E-state index is 11.7. The van der Waals surface area contributed by atoms with E-state index in [2.05, 4.69) is 12.2 Å². The van der Waals surface area contributed by atoms with E-state index in [0.717, 1.165) is 38.0 Å². The standard InChI is InChI=1S/C16H27NO3/c1-11-3-2-4-13(9-11)20-14-7-8-16(10-14,15(18)19)17-12-5-6-12/h11-14,17H,2-10H2,1H3,(H,18,19). The van der Waals surface area contributed by atoms with E-state index in [-0.39, 0.29) is 6.10 Å². The van der Waals surface area contributed by atoms with Crippen LogP contribution in [0, 0.1) is 5.92 Å². The molecule has 4 unspecified atom stereocenters. The van der Waals surface area contributed by atoms with Gasteiger partial charge in [0.15, 0.2) is 0 Å². The van der Waals surface area contributed by atoms with E-state index in [1.54, 1.807) is 0 Å². The molecule has 0 spiro atoms. The van der Waals surface area contributed by atoms with E-state index >= 15 is 0 Å². The topological polar surface area (TPSA) is 58.6 Å². The van der Waals surface area contributed by atoms with Gasteiger partial charge in [0.2, 0.25) is 0 Å². The molecule has 4 heteroatoms. The van der Waals surface area contributed by atoms with Gasteiger partial charge in [0.05, 0.1) is 12.2 Å². The zero-order chi connectivity index (χ0) is 14.2. The summed E-state index contributed by atoms with van der Waals surface area (Å²) in [5.41, 5.74) is -0.716. The van der Waals surface area contributed by atoms with Crippen molar-refractivity contribution in [3.05, 3.63) is 0 Å². The molecular formula is C16H27NO3. The van der Waals surface area contributed by atoms with Crippen LogP contribution in [0.5, 0.6) is 0 Å². The van der Waals surface area contributed by atoms with Crippen LogP contribution in [-0.4, -0.2) is 34.9 Å². The summed E-state index contributed by atoms with van der Waals surface area (Å²) in [7, 11) is 0. The third-order valence-corrected chi connectivity index (χ3v) is 5.21. The van der Waals surface area contributed by atoms with Crippen LogP contribution in [0.4, 0.5) is 0 Å². The van der Waals surface area contributed by atoms with Gasteiger partial charge in [0.1, 0.15) is 5.54 Å². The Morgan fingerprint density at radius 2 is 2.00 bits per heavy atom. The summed E-state index contributed by atoms with van der Waals surface area (Å²) in [6.07, 6.45) is 9.84. The zero-order valence-electron chi connectivity index (χ0n) is 12.4. The van der Waals surface area contributed by atoms with Crippen LogP contribution in [0.2, 0.25) is 0 Å². The Balaban J connectivity index is 1.55. The minimum absolute atomic E-state index is 0.132. The van der Waals surface area contributed by atoms with Gasteiger partial charge in [-0.05, 0) is 44.4 Å². The van der Waals surface area contributed by atoms with Crippen molar-refractivity contribution in [2.24, 2.45) is 5.92 Å². The van der Waals surface area contributed by atoms with Gasteiger partial charge in [-0.1, -0.05) is 19.8 Å². The van der Waals surface area contributed by atoms with E-state index < -0.39 is 11.5 Å². The molecule has 114 valence electrons. The van der Waals surface area contributed by atoms with Crippen LogP contribution in [0.1, 0.15) is 64.7 Å². The van der Waals surface area contributed by atoms with Crippen molar-refractivity contribution in [3.8, 4) is 0 Å². The average molecular weight is 281 g/mol. The first kappa shape index (κ1) is 14.3. The lowest BCUT2D eigenvalue weighted by molar-refractivity contribution is -0.145. The van der Waals surface area contributed by atoms with Gasteiger partial charge in [0.25, 0.3) is 0 Å². The van der Waals surface area contributed by atoms with Crippen LogP contribution >= 0.6 is 0 Å². The summed E-state index contributed by atoms with van der Waals surface area (Å²) in [6, 6.07) is 0.430. The fourth-order valence-electron chi connectivity index (χ4n) is 3.90. The quantitative estimate of drug-likeness (QED) is 0.813. The minimum atomic E-state index is -0.716. The minimum Gasteiger partial charge on any atom is -0.480 e. The normalized spacial score (nSPS) is 41.8. The number of aliphatic carboxylic acids is 1. The first-order chi connectivity index (χ1) is 9.57. The molecule has 3 fully saturated rings. The molecule has 3 saturated carbocycles. The van der Waals surface area contributed by atoms with E-state index in [1.165, 1.54) is 12.8 Å². The maximum Gasteiger partial charge on any atom is 0.324 e. The number of rotatable bonds is 5. The monoisotopic (exact) mass is 281 g/mol. The molecule has 0 bridgehead atoms. The van der Waals surface area contributed by atoms with Gasteiger partial charge >= 0.3 is 5.97 Å². The molecule has 4 nitrogen and oxygen atoms in total. The Hall–Kier alpha value is -0.610. The van der Waals surface area contributed by atoms with Gasteiger partial charge in [-0.3, -0.25) is 10.1 Å². The maximum atomic E-state index is 11.7. The summed E-state index contributed by atoms with van der Waals surface area (Å²) in [6.45, 7) is 2.29. The fourth-order valence-corrected chi connectivity index (χ4v) is 3.90. The van der Waals surface area contributed by atoms with Crippen molar-refractivity contribution in [1.82, 2.24) is 5.32 Å². The molecule has 20 heavy (non-hydrogen) atoms. The SMILES string of the molecule is CC1CCCC(OC2CCC(NC3CC3)(C(=O)O)C2)C1. The summed E-state index contributed by atoms with van der Waals surface area (Å²) in [5.74, 6) is 0.0662. The molecule has 0 heterocycles. The Kier molecular flexibility index (Phi) is 4.04. The second-order valence-corrected chi connectivity index (χ2v) is 7.20. The summed E-state index contributed by atoms with van der Waals surface area (Å²) < 4.78 is 6.23. The number of ether oxygens (including phenoxy) is 1. The molecule has 3 rings (SSSR count). The molecule has 0 aromatic carbocycles. The van der Waals surface area contributed by atoms with E-state index in [4.69, 9.17) is 4.74 Å². The Morgan fingerprint density at radius 1 is 1.20 bits per heavy atom. The van der Waals surface area contributed by atoms with Crippen LogP contribution in [0.3, 0.4) is 0 Å². The van der Waals surface area contributed by atoms with Crippen LogP contribution in [-0.2, 0) is 9.53 Å². The van der Waals surface area contributed by atoms with E-state index in [9.17, 15) is 9.90 Å². The van der Waals surface area contributed by atoms with Gasteiger partial charge in [0, 0.05) is 12.5 Å². The molecule has 0 radical (unpaired) electrons. The lowest BCUT2D eigenvalue weighted by Gasteiger charge is -2.30. The van der Waals surface area contributed by atoms with Crippen LogP contribution in [0.25, 0.3) is 0 Å². The average Bonchev–Trinajstić information content (AvgIpc) is 3.10. The molecule has 0 aliphatic heterocycles. The molecule has 3 aliphatic rings.